The highest BCUT2D eigenvalue weighted by Crippen LogP contribution is 2.22. The maximum absolute atomic E-state index is 11.4. The van der Waals surface area contributed by atoms with E-state index in [9.17, 15) is 4.79 Å². The van der Waals surface area contributed by atoms with Crippen LogP contribution in [0.5, 0.6) is 0 Å². The molecule has 0 heterocycles. The predicted molar refractivity (Wildman–Crippen MR) is 69.5 cm³/mol. The molecule has 16 heavy (non-hydrogen) atoms. The van der Waals surface area contributed by atoms with Crippen molar-refractivity contribution >= 4 is 5.78 Å². The number of hydrogen-bond acceptors (Lipinski definition) is 1. The maximum atomic E-state index is 11.4. The summed E-state index contributed by atoms with van der Waals surface area (Å²) in [5.41, 5.74) is 0. The van der Waals surface area contributed by atoms with E-state index in [-0.39, 0.29) is 5.92 Å². The molecule has 1 atom stereocenters. The monoisotopic (exact) mass is 222 g/mol. The third-order valence-electron chi connectivity index (χ3n) is 3.44. The van der Waals surface area contributed by atoms with Gasteiger partial charge in [-0.1, -0.05) is 51.2 Å². The first-order chi connectivity index (χ1) is 7.84. The highest BCUT2D eigenvalue weighted by atomic mass is 16.1. The van der Waals surface area contributed by atoms with E-state index in [0.29, 0.717) is 5.78 Å². The Hall–Kier alpha value is -0.590. The molecule has 1 aliphatic rings. The predicted octanol–water partition coefficient (Wildman–Crippen LogP) is 4.66. The number of allylic oxidation sites excluding steroid dienone is 2. The second-order valence-corrected chi connectivity index (χ2v) is 4.95. The van der Waals surface area contributed by atoms with Gasteiger partial charge in [-0.05, 0) is 25.7 Å². The second kappa shape index (κ2) is 8.55. The molecule has 0 aromatic carbocycles. The van der Waals surface area contributed by atoms with Gasteiger partial charge in [-0.3, -0.25) is 4.79 Å². The van der Waals surface area contributed by atoms with Crippen LogP contribution in [0.15, 0.2) is 12.2 Å². The summed E-state index contributed by atoms with van der Waals surface area (Å²) in [5.74, 6) is 0.722. The summed E-state index contributed by atoms with van der Waals surface area (Å²) in [7, 11) is 0. The zero-order chi connectivity index (χ0) is 11.6. The van der Waals surface area contributed by atoms with Gasteiger partial charge in [-0.25, -0.2) is 0 Å². The number of Topliss-reactive ketones (excluding diaryl/α,β-unsaturated/α-hetero) is 1. The van der Waals surface area contributed by atoms with Crippen molar-refractivity contribution in [1.82, 2.24) is 0 Å². The lowest BCUT2D eigenvalue weighted by molar-refractivity contribution is -0.119. The molecule has 1 unspecified atom stereocenters. The minimum absolute atomic E-state index is 0.264. The van der Waals surface area contributed by atoms with E-state index in [2.05, 4.69) is 19.1 Å². The minimum Gasteiger partial charge on any atom is -0.299 e. The van der Waals surface area contributed by atoms with Crippen molar-refractivity contribution in [1.29, 1.82) is 0 Å². The molecule has 92 valence electrons. The molecule has 1 nitrogen and oxygen atoms in total. The van der Waals surface area contributed by atoms with E-state index in [1.807, 2.05) is 0 Å². The Balaban J connectivity index is 1.94. The number of ketones is 1. The number of carbonyl (C=O) groups excluding carboxylic acids is 1. The summed E-state index contributed by atoms with van der Waals surface area (Å²) in [6, 6.07) is 0. The van der Waals surface area contributed by atoms with Gasteiger partial charge in [-0.2, -0.15) is 0 Å². The first-order valence-electron chi connectivity index (χ1n) is 7.04. The fourth-order valence-corrected chi connectivity index (χ4v) is 2.35. The van der Waals surface area contributed by atoms with Crippen molar-refractivity contribution in [2.45, 2.75) is 71.1 Å². The fraction of sp³-hybridized carbons (Fsp3) is 0.800. The first-order valence-corrected chi connectivity index (χ1v) is 7.04. The average molecular weight is 222 g/mol. The Morgan fingerprint density at radius 2 is 1.94 bits per heavy atom. The van der Waals surface area contributed by atoms with Gasteiger partial charge in [0.05, 0.1) is 0 Å². The molecule has 0 aliphatic heterocycles. The van der Waals surface area contributed by atoms with E-state index in [0.717, 1.165) is 25.7 Å². The van der Waals surface area contributed by atoms with Crippen LogP contribution in [0, 0.1) is 5.92 Å². The van der Waals surface area contributed by atoms with Gasteiger partial charge in [0.1, 0.15) is 5.78 Å². The molecule has 0 aromatic rings. The molecule has 0 radical (unpaired) electrons. The first kappa shape index (κ1) is 13.5. The Labute approximate surface area is 100 Å². The Kier molecular flexibility index (Phi) is 7.20. The van der Waals surface area contributed by atoms with E-state index in [1.165, 1.54) is 38.5 Å². The molecule has 1 rings (SSSR count). The SMILES string of the molecule is CCCCCCCCC=CC1CCCC1=O. The van der Waals surface area contributed by atoms with Crippen LogP contribution in [-0.4, -0.2) is 5.78 Å². The molecule has 1 saturated carbocycles. The maximum Gasteiger partial charge on any atom is 0.139 e. The Morgan fingerprint density at radius 3 is 2.62 bits per heavy atom. The summed E-state index contributed by atoms with van der Waals surface area (Å²) in [6.45, 7) is 2.25. The van der Waals surface area contributed by atoms with Crippen molar-refractivity contribution < 1.29 is 4.79 Å². The van der Waals surface area contributed by atoms with E-state index in [4.69, 9.17) is 0 Å². The van der Waals surface area contributed by atoms with Crippen LogP contribution in [0.2, 0.25) is 0 Å². The second-order valence-electron chi connectivity index (χ2n) is 4.95. The van der Waals surface area contributed by atoms with E-state index >= 15 is 0 Å². The quantitative estimate of drug-likeness (QED) is 0.431. The Morgan fingerprint density at radius 1 is 1.19 bits per heavy atom. The van der Waals surface area contributed by atoms with Crippen LogP contribution < -0.4 is 0 Å². The van der Waals surface area contributed by atoms with E-state index < -0.39 is 0 Å². The lowest BCUT2D eigenvalue weighted by Gasteiger charge is -2.00. The number of unbranched alkanes of at least 4 members (excludes halogenated alkanes) is 6. The smallest absolute Gasteiger partial charge is 0.139 e. The van der Waals surface area contributed by atoms with Gasteiger partial charge in [0, 0.05) is 12.3 Å². The summed E-state index contributed by atoms with van der Waals surface area (Å²) < 4.78 is 0. The van der Waals surface area contributed by atoms with Gasteiger partial charge in [0.25, 0.3) is 0 Å². The van der Waals surface area contributed by atoms with Crippen molar-refractivity contribution in [3.8, 4) is 0 Å². The standard InChI is InChI=1S/C15H26O/c1-2-3-4-5-6-7-8-9-11-14-12-10-13-15(14)16/h9,11,14H,2-8,10,12-13H2,1H3. The number of hydrogen-bond donors (Lipinski definition) is 0. The van der Waals surface area contributed by atoms with Crippen molar-refractivity contribution in [2.24, 2.45) is 5.92 Å². The topological polar surface area (TPSA) is 17.1 Å². The van der Waals surface area contributed by atoms with Gasteiger partial charge in [0.15, 0.2) is 0 Å². The van der Waals surface area contributed by atoms with Crippen LogP contribution in [0.25, 0.3) is 0 Å². The number of carbonyl (C=O) groups is 1. The minimum atomic E-state index is 0.264. The molecular weight excluding hydrogens is 196 g/mol. The van der Waals surface area contributed by atoms with Gasteiger partial charge < -0.3 is 0 Å². The zero-order valence-corrected chi connectivity index (χ0v) is 10.7. The highest BCUT2D eigenvalue weighted by Gasteiger charge is 2.20. The summed E-state index contributed by atoms with van der Waals surface area (Å²) in [5, 5.41) is 0. The molecule has 0 bridgehead atoms. The molecule has 1 heteroatoms. The van der Waals surface area contributed by atoms with Crippen LogP contribution in [0.4, 0.5) is 0 Å². The normalized spacial score (nSPS) is 21.1. The van der Waals surface area contributed by atoms with Gasteiger partial charge >= 0.3 is 0 Å². The molecule has 0 spiro atoms. The van der Waals surface area contributed by atoms with Gasteiger partial charge in [0.2, 0.25) is 0 Å². The van der Waals surface area contributed by atoms with Crippen molar-refractivity contribution in [3.05, 3.63) is 12.2 Å². The molecular formula is C15H26O. The summed E-state index contributed by atoms with van der Waals surface area (Å²) >= 11 is 0. The van der Waals surface area contributed by atoms with Crippen LogP contribution in [0.3, 0.4) is 0 Å². The lowest BCUT2D eigenvalue weighted by atomic mass is 10.0. The largest absolute Gasteiger partial charge is 0.299 e. The zero-order valence-electron chi connectivity index (χ0n) is 10.7. The van der Waals surface area contributed by atoms with Gasteiger partial charge in [-0.15, -0.1) is 0 Å². The summed E-state index contributed by atoms with van der Waals surface area (Å²) in [4.78, 5) is 11.4. The van der Waals surface area contributed by atoms with Crippen LogP contribution >= 0.6 is 0 Å². The molecule has 1 fully saturated rings. The lowest BCUT2D eigenvalue weighted by Crippen LogP contribution is -2.01. The third kappa shape index (κ3) is 5.48. The van der Waals surface area contributed by atoms with Crippen LogP contribution in [0.1, 0.15) is 71.1 Å². The average Bonchev–Trinajstić information content (AvgIpc) is 2.68. The number of rotatable bonds is 8. The molecule has 1 aliphatic carbocycles. The summed E-state index contributed by atoms with van der Waals surface area (Å²) in [6.07, 6.45) is 16.7. The molecule has 0 amide bonds. The molecule has 0 aromatic heterocycles. The highest BCUT2D eigenvalue weighted by molar-refractivity contribution is 5.84. The molecule has 0 N–H and O–H groups in total. The van der Waals surface area contributed by atoms with E-state index in [1.54, 1.807) is 0 Å². The molecule has 0 saturated heterocycles. The van der Waals surface area contributed by atoms with Crippen molar-refractivity contribution in [3.63, 3.8) is 0 Å². The van der Waals surface area contributed by atoms with Crippen LogP contribution in [-0.2, 0) is 4.79 Å². The van der Waals surface area contributed by atoms with Crippen molar-refractivity contribution in [2.75, 3.05) is 0 Å². The third-order valence-corrected chi connectivity index (χ3v) is 3.44. The fourth-order valence-electron chi connectivity index (χ4n) is 2.35. The Bertz CT molecular complexity index is 217.